The van der Waals surface area contributed by atoms with Crippen molar-refractivity contribution < 1.29 is 14.3 Å². The van der Waals surface area contributed by atoms with Crippen molar-refractivity contribution in [3.63, 3.8) is 0 Å². The Hall–Kier alpha value is -2.70. The Balaban J connectivity index is 1.98. The highest BCUT2D eigenvalue weighted by atomic mass is 16.5. The van der Waals surface area contributed by atoms with Crippen LogP contribution in [0.25, 0.3) is 0 Å². The maximum absolute atomic E-state index is 12.7. The predicted octanol–water partition coefficient (Wildman–Crippen LogP) is 1.59. The number of carbonyl (C=O) groups is 2. The number of para-hydroxylation sites is 1. The molecular formula is C20H25N3O3. The number of carbonyl (C=O) groups excluding carboxylic acids is 2. The van der Waals surface area contributed by atoms with Crippen LogP contribution in [0.3, 0.4) is 0 Å². The molecule has 0 aliphatic carbocycles. The van der Waals surface area contributed by atoms with Gasteiger partial charge >= 0.3 is 0 Å². The number of hydrogen-bond donors (Lipinski definition) is 3. The number of benzene rings is 2. The van der Waals surface area contributed by atoms with Crippen LogP contribution in [0.15, 0.2) is 60.7 Å². The average Bonchev–Trinajstić information content (AvgIpc) is 2.66. The lowest BCUT2D eigenvalue weighted by Gasteiger charge is -2.19. The molecule has 0 saturated carbocycles. The lowest BCUT2D eigenvalue weighted by atomic mass is 10.0. The van der Waals surface area contributed by atoms with Crippen molar-refractivity contribution in [2.75, 3.05) is 32.1 Å². The van der Waals surface area contributed by atoms with Gasteiger partial charge in [-0.05, 0) is 17.7 Å². The van der Waals surface area contributed by atoms with Gasteiger partial charge in [0.2, 0.25) is 11.8 Å². The van der Waals surface area contributed by atoms with Crippen LogP contribution in [0.5, 0.6) is 0 Å². The van der Waals surface area contributed by atoms with Crippen molar-refractivity contribution in [2.24, 2.45) is 0 Å². The quantitative estimate of drug-likeness (QED) is 0.566. The first kappa shape index (κ1) is 19.6. The molecule has 1 atom stereocenters. The minimum atomic E-state index is -0.658. The lowest BCUT2D eigenvalue weighted by molar-refractivity contribution is -0.125. The fourth-order valence-corrected chi connectivity index (χ4v) is 2.43. The third kappa shape index (κ3) is 7.04. The van der Waals surface area contributed by atoms with E-state index in [9.17, 15) is 9.59 Å². The normalized spacial score (nSPS) is 11.6. The van der Waals surface area contributed by atoms with Crippen molar-refractivity contribution in [3.05, 3.63) is 66.2 Å². The van der Waals surface area contributed by atoms with Crippen LogP contribution in [0.2, 0.25) is 0 Å². The minimum absolute atomic E-state index is 0.132. The summed E-state index contributed by atoms with van der Waals surface area (Å²) in [5, 5.41) is 8.63. The van der Waals surface area contributed by atoms with E-state index in [1.165, 1.54) is 0 Å². The molecule has 0 saturated heterocycles. The van der Waals surface area contributed by atoms with Gasteiger partial charge in [0.1, 0.15) is 6.04 Å². The summed E-state index contributed by atoms with van der Waals surface area (Å²) in [7, 11) is 1.60. The Kier molecular flexibility index (Phi) is 8.32. The van der Waals surface area contributed by atoms with E-state index in [0.29, 0.717) is 25.3 Å². The Labute approximate surface area is 153 Å². The third-order valence-electron chi connectivity index (χ3n) is 3.74. The zero-order valence-electron chi connectivity index (χ0n) is 14.9. The number of rotatable bonds is 10. The number of hydrogen-bond acceptors (Lipinski definition) is 4. The summed E-state index contributed by atoms with van der Waals surface area (Å²) in [5.41, 5.74) is 1.68. The molecule has 0 heterocycles. The molecule has 0 fully saturated rings. The number of ether oxygens (including phenoxy) is 1. The molecule has 3 N–H and O–H groups in total. The molecule has 2 amide bonds. The van der Waals surface area contributed by atoms with Crippen molar-refractivity contribution in [3.8, 4) is 0 Å². The number of anilines is 1. The van der Waals surface area contributed by atoms with Crippen molar-refractivity contribution in [1.29, 1.82) is 0 Å². The molecule has 0 spiro atoms. The summed E-state index contributed by atoms with van der Waals surface area (Å²) in [6.07, 6.45) is 0.420. The van der Waals surface area contributed by atoms with Crippen LogP contribution in [-0.2, 0) is 20.7 Å². The smallest absolute Gasteiger partial charge is 0.247 e. The van der Waals surface area contributed by atoms with E-state index < -0.39 is 6.04 Å². The van der Waals surface area contributed by atoms with E-state index in [-0.39, 0.29) is 18.4 Å². The summed E-state index contributed by atoms with van der Waals surface area (Å²) >= 11 is 0. The molecular weight excluding hydrogens is 330 g/mol. The molecule has 1 unspecified atom stereocenters. The zero-order valence-corrected chi connectivity index (χ0v) is 14.9. The van der Waals surface area contributed by atoms with Crippen LogP contribution >= 0.6 is 0 Å². The Morgan fingerprint density at radius 2 is 1.65 bits per heavy atom. The van der Waals surface area contributed by atoms with Crippen LogP contribution in [0, 0.1) is 0 Å². The molecule has 6 heteroatoms. The van der Waals surface area contributed by atoms with Gasteiger partial charge in [-0.1, -0.05) is 48.5 Å². The highest BCUT2D eigenvalue weighted by Crippen LogP contribution is 2.09. The molecule has 138 valence electrons. The second kappa shape index (κ2) is 11.0. The molecule has 26 heavy (non-hydrogen) atoms. The van der Waals surface area contributed by atoms with E-state index in [1.807, 2.05) is 60.7 Å². The van der Waals surface area contributed by atoms with Gasteiger partial charge in [0.15, 0.2) is 0 Å². The average molecular weight is 355 g/mol. The van der Waals surface area contributed by atoms with Crippen LogP contribution in [0.1, 0.15) is 5.56 Å². The standard InChI is InChI=1S/C20H25N3O3/c1-26-13-12-21-15-19(24)23-18(14-16-8-4-2-5-9-16)20(25)22-17-10-6-3-7-11-17/h2-11,18,21H,12-15H2,1H3,(H,22,25)(H,23,24). The topological polar surface area (TPSA) is 79.5 Å². The molecule has 2 aromatic carbocycles. The van der Waals surface area contributed by atoms with Gasteiger partial charge in [0, 0.05) is 25.8 Å². The van der Waals surface area contributed by atoms with Crippen LogP contribution in [-0.4, -0.2) is 44.7 Å². The van der Waals surface area contributed by atoms with Gasteiger partial charge in [0.05, 0.1) is 13.2 Å². The van der Waals surface area contributed by atoms with E-state index in [1.54, 1.807) is 7.11 Å². The molecule has 0 aliphatic rings. The molecule has 0 bridgehead atoms. The molecule has 2 aromatic rings. The summed E-state index contributed by atoms with van der Waals surface area (Å²) in [6.45, 7) is 1.23. The number of nitrogens with one attached hydrogen (secondary N) is 3. The van der Waals surface area contributed by atoms with E-state index in [2.05, 4.69) is 16.0 Å². The first-order valence-electron chi connectivity index (χ1n) is 8.58. The maximum Gasteiger partial charge on any atom is 0.247 e. The highest BCUT2D eigenvalue weighted by Gasteiger charge is 2.21. The maximum atomic E-state index is 12.7. The van der Waals surface area contributed by atoms with Gasteiger partial charge in [-0.3, -0.25) is 9.59 Å². The summed E-state index contributed by atoms with van der Waals surface area (Å²) in [6, 6.07) is 18.2. The lowest BCUT2D eigenvalue weighted by Crippen LogP contribution is -2.48. The highest BCUT2D eigenvalue weighted by molar-refractivity contribution is 5.97. The molecule has 0 radical (unpaired) electrons. The molecule has 0 aliphatic heterocycles. The summed E-state index contributed by atoms with van der Waals surface area (Å²) in [5.74, 6) is -0.476. The minimum Gasteiger partial charge on any atom is -0.383 e. The van der Waals surface area contributed by atoms with Gasteiger partial charge in [-0.15, -0.1) is 0 Å². The van der Waals surface area contributed by atoms with Gasteiger partial charge in [-0.25, -0.2) is 0 Å². The predicted molar refractivity (Wildman–Crippen MR) is 102 cm³/mol. The first-order valence-corrected chi connectivity index (χ1v) is 8.58. The van der Waals surface area contributed by atoms with Crippen LogP contribution < -0.4 is 16.0 Å². The van der Waals surface area contributed by atoms with E-state index in [0.717, 1.165) is 5.56 Å². The SMILES string of the molecule is COCCNCC(=O)NC(Cc1ccccc1)C(=O)Nc1ccccc1. The fraction of sp³-hybridized carbons (Fsp3) is 0.300. The first-order chi connectivity index (χ1) is 12.7. The Morgan fingerprint density at radius 1 is 1.00 bits per heavy atom. The van der Waals surface area contributed by atoms with Crippen molar-refractivity contribution >= 4 is 17.5 Å². The molecule has 0 aromatic heterocycles. The summed E-state index contributed by atoms with van der Waals surface area (Å²) in [4.78, 5) is 24.8. The largest absolute Gasteiger partial charge is 0.383 e. The third-order valence-corrected chi connectivity index (χ3v) is 3.74. The molecule has 2 rings (SSSR count). The van der Waals surface area contributed by atoms with Crippen molar-refractivity contribution in [1.82, 2.24) is 10.6 Å². The van der Waals surface area contributed by atoms with Crippen LogP contribution in [0.4, 0.5) is 5.69 Å². The zero-order chi connectivity index (χ0) is 18.6. The Bertz CT molecular complexity index is 677. The van der Waals surface area contributed by atoms with Gasteiger partial charge in [0.25, 0.3) is 0 Å². The molecule has 6 nitrogen and oxygen atoms in total. The second-order valence-electron chi connectivity index (χ2n) is 5.83. The summed E-state index contributed by atoms with van der Waals surface area (Å²) < 4.78 is 4.93. The monoisotopic (exact) mass is 355 g/mol. The van der Waals surface area contributed by atoms with E-state index in [4.69, 9.17) is 4.74 Å². The van der Waals surface area contributed by atoms with E-state index >= 15 is 0 Å². The number of methoxy groups -OCH3 is 1. The number of amides is 2. The Morgan fingerprint density at radius 3 is 2.31 bits per heavy atom. The fourth-order valence-electron chi connectivity index (χ4n) is 2.43. The van der Waals surface area contributed by atoms with Crippen molar-refractivity contribution in [2.45, 2.75) is 12.5 Å². The van der Waals surface area contributed by atoms with Gasteiger partial charge in [-0.2, -0.15) is 0 Å². The van der Waals surface area contributed by atoms with Gasteiger partial charge < -0.3 is 20.7 Å². The second-order valence-corrected chi connectivity index (χ2v) is 5.83.